The number of aliphatic carboxylic acids is 1. The molecule has 1 atom stereocenters. The average Bonchev–Trinajstić information content (AvgIpc) is 2.41. The molecule has 2 radical (unpaired) electrons. The van der Waals surface area contributed by atoms with Gasteiger partial charge in [0.05, 0.1) is 0 Å². The van der Waals surface area contributed by atoms with E-state index >= 15 is 0 Å². The fourth-order valence-corrected chi connectivity index (χ4v) is 4.58. The summed E-state index contributed by atoms with van der Waals surface area (Å²) in [5.74, 6) is -2.65. The van der Waals surface area contributed by atoms with Crippen molar-refractivity contribution in [3.05, 3.63) is 29.3 Å². The Bertz CT molecular complexity index is 805. The first-order valence-electron chi connectivity index (χ1n) is 6.34. The van der Waals surface area contributed by atoms with E-state index in [1.165, 1.54) is 12.1 Å². The molecule has 0 aliphatic carbocycles. The van der Waals surface area contributed by atoms with E-state index in [1.807, 2.05) is 4.72 Å². The first kappa shape index (κ1) is 20.3. The fraction of sp³-hybridized carbons (Fsp3) is 0.357. The van der Waals surface area contributed by atoms with Crippen LogP contribution >= 0.6 is 0 Å². The molecule has 2 bridgehead atoms. The number of carbonyl (C=O) groups is 3. The van der Waals surface area contributed by atoms with Crippen molar-refractivity contribution in [3.63, 3.8) is 0 Å². The number of hydrogen-bond acceptors (Lipinski definition) is 6. The molecule has 24 heavy (non-hydrogen) atoms. The molecular weight excluding hydrogens is 401 g/mol. The van der Waals surface area contributed by atoms with Crippen LogP contribution in [0.25, 0.3) is 0 Å². The van der Waals surface area contributed by atoms with Crippen LogP contribution in [-0.4, -0.2) is 52.4 Å². The number of Topliss-reactive ketones (excluding diaryl/α,β-unsaturated/α-hetero) is 1. The van der Waals surface area contributed by atoms with E-state index < -0.39 is 38.5 Å². The predicted molar refractivity (Wildman–Crippen MR) is 84.0 cm³/mol. The summed E-state index contributed by atoms with van der Waals surface area (Å²) in [6.07, 6.45) is -0.532. The predicted octanol–water partition coefficient (Wildman–Crippen LogP) is 0.200. The van der Waals surface area contributed by atoms with Gasteiger partial charge in [-0.15, -0.1) is 0 Å². The van der Waals surface area contributed by atoms with Crippen LogP contribution < -0.4 is 4.72 Å². The number of nitrogens with one attached hydrogen (secondary N) is 1. The number of carboxylic acids is 1. The first-order valence-corrected chi connectivity index (χ1v) is 8.76. The third-order valence-corrected chi connectivity index (χ3v) is 5.81. The third kappa shape index (κ3) is 4.23. The number of ketones is 1. The molecule has 8 nitrogen and oxygen atoms in total. The van der Waals surface area contributed by atoms with Gasteiger partial charge in [-0.1, -0.05) is 7.43 Å². The van der Waals surface area contributed by atoms with Crippen LogP contribution in [0.2, 0.25) is 0 Å². The van der Waals surface area contributed by atoms with E-state index in [4.69, 9.17) is 4.74 Å². The second-order valence-corrected chi connectivity index (χ2v) is 8.38. The molecule has 0 fully saturated rings. The molecule has 1 aliphatic heterocycles. The summed E-state index contributed by atoms with van der Waals surface area (Å²) in [5.41, 5.74) is 0.535. The Hall–Kier alpha value is -1.70. The summed E-state index contributed by atoms with van der Waals surface area (Å²) in [5, 5.41) is 9.23. The Morgan fingerprint density at radius 2 is 2.00 bits per heavy atom. The van der Waals surface area contributed by atoms with Gasteiger partial charge in [0, 0.05) is 0 Å². The molecule has 1 aromatic rings. The van der Waals surface area contributed by atoms with Crippen LogP contribution in [0, 0.1) is 0 Å². The van der Waals surface area contributed by atoms with Crippen LogP contribution in [0.3, 0.4) is 0 Å². The molecule has 2 rings (SSSR count). The second-order valence-electron chi connectivity index (χ2n) is 5.09. The molecule has 1 aliphatic rings. The minimum absolute atomic E-state index is 0. The van der Waals surface area contributed by atoms with Gasteiger partial charge in [0.15, 0.2) is 0 Å². The number of fused-ring (bicyclic) bond motifs is 2. The van der Waals surface area contributed by atoms with E-state index in [0.717, 1.165) is 13.0 Å². The van der Waals surface area contributed by atoms with Gasteiger partial charge in [-0.05, 0) is 0 Å². The van der Waals surface area contributed by atoms with Crippen molar-refractivity contribution >= 4 is 44.6 Å². The van der Waals surface area contributed by atoms with E-state index in [1.54, 1.807) is 16.9 Å². The monoisotopic (exact) mass is 417 g/mol. The van der Waals surface area contributed by atoms with Crippen molar-refractivity contribution < 1.29 is 32.6 Å². The van der Waals surface area contributed by atoms with E-state index in [2.05, 4.69) is 0 Å². The van der Waals surface area contributed by atoms with Crippen LogP contribution in [0.4, 0.5) is 0 Å². The number of benzene rings is 1. The Balaban J connectivity index is 0.00000288. The van der Waals surface area contributed by atoms with Crippen molar-refractivity contribution in [3.8, 4) is 0 Å². The van der Waals surface area contributed by atoms with Gasteiger partial charge in [0.1, 0.15) is 0 Å². The van der Waals surface area contributed by atoms with Crippen molar-refractivity contribution in [1.82, 2.24) is 4.72 Å². The number of cyclic esters (lactones) is 1. The molecule has 0 aromatic heterocycles. The van der Waals surface area contributed by atoms with Gasteiger partial charge < -0.3 is 0 Å². The molecule has 0 amide bonds. The second kappa shape index (κ2) is 7.04. The van der Waals surface area contributed by atoms with Crippen molar-refractivity contribution in [2.75, 3.05) is 0 Å². The summed E-state index contributed by atoms with van der Waals surface area (Å²) in [6, 6.07) is 3.87. The summed E-state index contributed by atoms with van der Waals surface area (Å²) < 4.78 is 29.7. The van der Waals surface area contributed by atoms with Crippen LogP contribution in [0.1, 0.15) is 36.7 Å². The van der Waals surface area contributed by atoms with E-state index in [-0.39, 0.29) is 24.5 Å². The Morgan fingerprint density at radius 3 is 2.54 bits per heavy atom. The molecule has 10 heteroatoms. The fourth-order valence-electron chi connectivity index (χ4n) is 2.05. The van der Waals surface area contributed by atoms with Gasteiger partial charge in [-0.25, -0.2) is 0 Å². The van der Waals surface area contributed by atoms with Crippen molar-refractivity contribution in [2.45, 2.75) is 36.6 Å². The molecule has 0 saturated carbocycles. The molecule has 2 N–H and O–H groups in total. The number of rotatable bonds is 6. The minimum atomic E-state index is -4.26. The molecule has 0 saturated heterocycles. The SMILES string of the molecule is C.CC(=O)CC([As])(NS(=O)(=O)c1cc2cc(c1)C(=O)OC2)C(=O)O. The number of esters is 1. The number of hydrogen-bond donors (Lipinski definition) is 2. The topological polar surface area (TPSA) is 127 Å². The normalized spacial score (nSPS) is 15.7. The third-order valence-electron chi connectivity index (χ3n) is 3.04. The van der Waals surface area contributed by atoms with Gasteiger partial charge in [-0.3, -0.25) is 0 Å². The zero-order valence-electron chi connectivity index (χ0n) is 11.9. The molecule has 1 heterocycles. The summed E-state index contributed by atoms with van der Waals surface area (Å²) in [7, 11) is -4.26. The van der Waals surface area contributed by atoms with Crippen LogP contribution in [0.5, 0.6) is 0 Å². The number of carbonyl (C=O) groups excluding carboxylic acids is 2. The van der Waals surface area contributed by atoms with Crippen LogP contribution in [-0.2, 0) is 31.0 Å². The number of carboxylic acid groups (broad SMARTS) is 1. The molecular formula is C14H16AsNO7S. The summed E-state index contributed by atoms with van der Waals surface area (Å²) in [6.45, 7) is 1.10. The summed E-state index contributed by atoms with van der Waals surface area (Å²) in [4.78, 5) is 33.8. The first-order chi connectivity index (χ1) is 10.5. The number of ether oxygens (including phenoxy) is 1. The van der Waals surface area contributed by atoms with E-state index in [0.29, 0.717) is 5.56 Å². The van der Waals surface area contributed by atoms with Crippen LogP contribution in [0.15, 0.2) is 23.1 Å². The average molecular weight is 417 g/mol. The zero-order valence-corrected chi connectivity index (χ0v) is 14.6. The summed E-state index contributed by atoms with van der Waals surface area (Å²) >= 11 is 1.66. The van der Waals surface area contributed by atoms with Gasteiger partial charge in [0.2, 0.25) is 0 Å². The maximum absolute atomic E-state index is 12.4. The van der Waals surface area contributed by atoms with Crippen molar-refractivity contribution in [2.24, 2.45) is 0 Å². The van der Waals surface area contributed by atoms with Gasteiger partial charge in [0.25, 0.3) is 0 Å². The van der Waals surface area contributed by atoms with Gasteiger partial charge >= 0.3 is 140 Å². The standard InChI is InChI=1S/C13H12AsNO7S.CH4/c1-7(16)5-13(14,12(18)19)15-23(20,21)10-3-8-2-9(4-10)11(17)22-6-8;/h2-4,15H,5-6H2,1H3,(H,18,19);1H4. The molecule has 0 spiro atoms. The van der Waals surface area contributed by atoms with E-state index in [9.17, 15) is 27.9 Å². The van der Waals surface area contributed by atoms with Gasteiger partial charge in [-0.2, -0.15) is 0 Å². The maximum atomic E-state index is 12.4. The molecule has 130 valence electrons. The van der Waals surface area contributed by atoms with Crippen molar-refractivity contribution in [1.29, 1.82) is 0 Å². The zero-order chi connectivity index (χ0) is 17.4. The Kier molecular flexibility index (Phi) is 5.97. The Labute approximate surface area is 148 Å². The quantitative estimate of drug-likeness (QED) is 0.500. The Morgan fingerprint density at radius 1 is 1.38 bits per heavy atom. The molecule has 1 unspecified atom stereocenters. The number of sulfonamides is 1. The molecule has 1 aromatic carbocycles.